The fourth-order valence-corrected chi connectivity index (χ4v) is 1.69. The van der Waals surface area contributed by atoms with E-state index in [4.69, 9.17) is 0 Å². The number of nitrogens with zero attached hydrogens (tertiary/aromatic N) is 1. The lowest BCUT2D eigenvalue weighted by Gasteiger charge is -2.28. The van der Waals surface area contributed by atoms with Crippen LogP contribution in [0.15, 0.2) is 0 Å². The topological polar surface area (TPSA) is 40.5 Å². The van der Waals surface area contributed by atoms with Crippen molar-refractivity contribution >= 4 is 5.91 Å². The van der Waals surface area contributed by atoms with Gasteiger partial charge in [-0.05, 0) is 6.42 Å². The molecule has 0 aliphatic carbocycles. The Hall–Kier alpha value is -0.570. The highest BCUT2D eigenvalue weighted by molar-refractivity contribution is 5.82. The van der Waals surface area contributed by atoms with Crippen molar-refractivity contribution in [3.8, 4) is 0 Å². The molecule has 0 aromatic heterocycles. The fourth-order valence-electron chi connectivity index (χ4n) is 1.69. The maximum Gasteiger partial charge on any atom is 0.228 e. The molecule has 0 saturated carbocycles. The molecule has 1 aliphatic rings. The van der Waals surface area contributed by atoms with Crippen LogP contribution >= 0.6 is 0 Å². The molecule has 14 heavy (non-hydrogen) atoms. The minimum absolute atomic E-state index is 0.170. The van der Waals surface area contributed by atoms with Gasteiger partial charge in [0.2, 0.25) is 5.91 Å². The van der Waals surface area contributed by atoms with Gasteiger partial charge in [0.15, 0.2) is 0 Å². The first-order valence-corrected chi connectivity index (χ1v) is 5.36. The molecule has 0 aromatic carbocycles. The Morgan fingerprint density at radius 2 is 2.07 bits per heavy atom. The van der Waals surface area contributed by atoms with E-state index in [1.807, 2.05) is 27.7 Å². The first kappa shape index (κ1) is 11.5. The van der Waals surface area contributed by atoms with Crippen molar-refractivity contribution in [1.29, 1.82) is 0 Å². The van der Waals surface area contributed by atoms with Gasteiger partial charge in [-0.25, -0.2) is 0 Å². The van der Waals surface area contributed by atoms with E-state index < -0.39 is 0 Å². The molecule has 3 nitrogen and oxygen atoms in total. The first-order chi connectivity index (χ1) is 6.38. The maximum atomic E-state index is 12.0. The zero-order valence-electron chi connectivity index (χ0n) is 9.58. The molecule has 82 valence electrons. The summed E-state index contributed by atoms with van der Waals surface area (Å²) in [6, 6.07) is 0. The zero-order chi connectivity index (χ0) is 10.9. The van der Waals surface area contributed by atoms with Crippen molar-refractivity contribution < 1.29 is 9.90 Å². The number of hydrogen-bond donors (Lipinski definition) is 1. The van der Waals surface area contributed by atoms with Crippen molar-refractivity contribution in [3.05, 3.63) is 0 Å². The number of likely N-dealkylation sites (tertiary alicyclic amines) is 1. The average molecular weight is 199 g/mol. The molecule has 2 atom stereocenters. The van der Waals surface area contributed by atoms with Crippen molar-refractivity contribution in [3.63, 3.8) is 0 Å². The van der Waals surface area contributed by atoms with Crippen LogP contribution in [0.5, 0.6) is 0 Å². The summed E-state index contributed by atoms with van der Waals surface area (Å²) in [4.78, 5) is 13.8. The summed E-state index contributed by atoms with van der Waals surface area (Å²) in [6.07, 6.45) is 0.499. The average Bonchev–Trinajstić information content (AvgIpc) is 2.45. The smallest absolute Gasteiger partial charge is 0.228 e. The van der Waals surface area contributed by atoms with Crippen LogP contribution in [0.4, 0.5) is 0 Å². The van der Waals surface area contributed by atoms with E-state index in [1.54, 1.807) is 4.90 Å². The summed E-state index contributed by atoms with van der Waals surface area (Å²) >= 11 is 0. The minimum Gasteiger partial charge on any atom is -0.391 e. The van der Waals surface area contributed by atoms with E-state index >= 15 is 0 Å². The summed E-state index contributed by atoms with van der Waals surface area (Å²) < 4.78 is 0. The highest BCUT2D eigenvalue weighted by Gasteiger charge is 2.37. The van der Waals surface area contributed by atoms with Crippen LogP contribution in [0.1, 0.15) is 34.1 Å². The van der Waals surface area contributed by atoms with Crippen molar-refractivity contribution in [2.75, 3.05) is 13.1 Å². The molecule has 1 amide bonds. The summed E-state index contributed by atoms with van der Waals surface area (Å²) in [5.41, 5.74) is -0.288. The molecule has 1 saturated heterocycles. The van der Waals surface area contributed by atoms with E-state index in [-0.39, 0.29) is 23.3 Å². The monoisotopic (exact) mass is 199 g/mol. The molecule has 2 unspecified atom stereocenters. The van der Waals surface area contributed by atoms with Gasteiger partial charge < -0.3 is 10.0 Å². The second-order valence-corrected chi connectivity index (χ2v) is 4.99. The Bertz CT molecular complexity index is 215. The molecule has 0 bridgehead atoms. The second-order valence-electron chi connectivity index (χ2n) is 4.99. The summed E-state index contributed by atoms with van der Waals surface area (Å²) in [7, 11) is 0. The van der Waals surface area contributed by atoms with E-state index in [1.165, 1.54) is 0 Å². The van der Waals surface area contributed by atoms with Crippen LogP contribution in [0.2, 0.25) is 0 Å². The zero-order valence-corrected chi connectivity index (χ0v) is 9.58. The van der Waals surface area contributed by atoms with Crippen LogP contribution in [-0.2, 0) is 4.79 Å². The predicted octanol–water partition coefficient (Wildman–Crippen LogP) is 1.26. The van der Waals surface area contributed by atoms with Gasteiger partial charge in [0, 0.05) is 24.4 Å². The third kappa shape index (κ3) is 2.08. The molecule has 0 radical (unpaired) electrons. The quantitative estimate of drug-likeness (QED) is 0.727. The first-order valence-electron chi connectivity index (χ1n) is 5.36. The van der Waals surface area contributed by atoms with E-state index in [2.05, 4.69) is 0 Å². The number of hydrogen-bond acceptors (Lipinski definition) is 2. The lowest BCUT2D eigenvalue weighted by atomic mass is 9.88. The third-order valence-electron chi connectivity index (χ3n) is 3.32. The van der Waals surface area contributed by atoms with Gasteiger partial charge in [0.1, 0.15) is 0 Å². The van der Waals surface area contributed by atoms with Gasteiger partial charge in [-0.3, -0.25) is 4.79 Å². The summed E-state index contributed by atoms with van der Waals surface area (Å²) in [6.45, 7) is 9.13. The molecule has 0 aromatic rings. The van der Waals surface area contributed by atoms with Gasteiger partial charge in [0.25, 0.3) is 0 Å². The van der Waals surface area contributed by atoms with Gasteiger partial charge in [0.05, 0.1) is 6.10 Å². The maximum absolute atomic E-state index is 12.0. The van der Waals surface area contributed by atoms with Crippen LogP contribution in [0.25, 0.3) is 0 Å². The number of β-amino-alcohol motifs (C(OH)–C–C–N with tert-alkyl or cyclic N) is 1. The van der Waals surface area contributed by atoms with Gasteiger partial charge in [-0.1, -0.05) is 27.7 Å². The van der Waals surface area contributed by atoms with Gasteiger partial charge in [-0.2, -0.15) is 0 Å². The molecule has 1 fully saturated rings. The fraction of sp³-hybridized carbons (Fsp3) is 0.909. The number of carbonyl (C=O) groups is 1. The van der Waals surface area contributed by atoms with Crippen LogP contribution in [-0.4, -0.2) is 35.1 Å². The standard InChI is InChI=1S/C11H21NO2/c1-5-11(3,4)10(14)12-6-8(2)9(13)7-12/h8-9,13H,5-7H2,1-4H3. The van der Waals surface area contributed by atoms with Crippen molar-refractivity contribution in [2.24, 2.45) is 11.3 Å². The largest absolute Gasteiger partial charge is 0.391 e. The SMILES string of the molecule is CCC(C)(C)C(=O)N1CC(C)C(O)C1. The number of aliphatic hydroxyl groups excluding tert-OH is 1. The Balaban J connectivity index is 2.64. The molecule has 1 heterocycles. The van der Waals surface area contributed by atoms with Gasteiger partial charge in [-0.15, -0.1) is 0 Å². The predicted molar refractivity (Wildman–Crippen MR) is 55.8 cm³/mol. The lowest BCUT2D eigenvalue weighted by Crippen LogP contribution is -2.39. The Labute approximate surface area is 86.1 Å². The highest BCUT2D eigenvalue weighted by Crippen LogP contribution is 2.26. The Morgan fingerprint density at radius 1 is 1.50 bits per heavy atom. The lowest BCUT2D eigenvalue weighted by molar-refractivity contribution is -0.139. The highest BCUT2D eigenvalue weighted by atomic mass is 16.3. The third-order valence-corrected chi connectivity index (χ3v) is 3.32. The Kier molecular flexibility index (Phi) is 3.20. The molecular formula is C11H21NO2. The second kappa shape index (κ2) is 3.89. The van der Waals surface area contributed by atoms with E-state index in [0.717, 1.165) is 6.42 Å². The van der Waals surface area contributed by atoms with Crippen molar-refractivity contribution in [2.45, 2.75) is 40.2 Å². The molecule has 1 rings (SSSR count). The molecule has 3 heteroatoms. The van der Waals surface area contributed by atoms with Crippen LogP contribution < -0.4 is 0 Å². The van der Waals surface area contributed by atoms with Crippen molar-refractivity contribution in [1.82, 2.24) is 4.90 Å². The number of amides is 1. The van der Waals surface area contributed by atoms with Crippen LogP contribution in [0.3, 0.4) is 0 Å². The number of aliphatic hydroxyl groups is 1. The Morgan fingerprint density at radius 3 is 2.43 bits per heavy atom. The van der Waals surface area contributed by atoms with E-state index in [0.29, 0.717) is 13.1 Å². The van der Waals surface area contributed by atoms with Crippen LogP contribution in [0, 0.1) is 11.3 Å². The van der Waals surface area contributed by atoms with Gasteiger partial charge >= 0.3 is 0 Å². The summed E-state index contributed by atoms with van der Waals surface area (Å²) in [5, 5.41) is 9.56. The number of carbonyl (C=O) groups excluding carboxylic acids is 1. The minimum atomic E-state index is -0.341. The molecule has 1 aliphatic heterocycles. The number of rotatable bonds is 2. The normalized spacial score (nSPS) is 28.2. The summed E-state index contributed by atoms with van der Waals surface area (Å²) in [5.74, 6) is 0.384. The van der Waals surface area contributed by atoms with E-state index in [9.17, 15) is 9.90 Å². The molecule has 0 spiro atoms. The molecule has 1 N–H and O–H groups in total. The molecular weight excluding hydrogens is 178 g/mol.